The molecule has 1 saturated carbocycles. The highest BCUT2D eigenvalue weighted by molar-refractivity contribution is 7.89. The van der Waals surface area contributed by atoms with Crippen LogP contribution in [0.1, 0.15) is 31.9 Å². The summed E-state index contributed by atoms with van der Waals surface area (Å²) in [6, 6.07) is 4.30. The molecule has 0 spiro atoms. The van der Waals surface area contributed by atoms with Gasteiger partial charge in [-0.3, -0.25) is 9.38 Å². The van der Waals surface area contributed by atoms with Crippen LogP contribution in [-0.4, -0.2) is 84.4 Å². The third-order valence-corrected chi connectivity index (χ3v) is 8.44. The van der Waals surface area contributed by atoms with Crippen LogP contribution >= 0.6 is 0 Å². The molecule has 13 heteroatoms. The smallest absolute Gasteiger partial charge is 0.319 e. The van der Waals surface area contributed by atoms with Crippen molar-refractivity contribution in [3.63, 3.8) is 0 Å². The Morgan fingerprint density at radius 2 is 1.81 bits per heavy atom. The summed E-state index contributed by atoms with van der Waals surface area (Å²) in [5.41, 5.74) is 1.40. The van der Waals surface area contributed by atoms with E-state index in [9.17, 15) is 22.0 Å². The van der Waals surface area contributed by atoms with Gasteiger partial charge in [-0.25, -0.2) is 31.7 Å². The minimum absolute atomic E-state index is 0.0753. The second-order valence-electron chi connectivity index (χ2n) is 9.99. The molecule has 4 heterocycles. The highest BCUT2D eigenvalue weighted by atomic mass is 32.2. The topological polar surface area (TPSA) is 103 Å². The predicted octanol–water partition coefficient (Wildman–Crippen LogP) is 2.97. The number of alkyl halides is 2. The van der Waals surface area contributed by atoms with Crippen LogP contribution in [0, 0.1) is 0 Å². The number of hydrogen-bond donors (Lipinski definition) is 1. The van der Waals surface area contributed by atoms with Crippen LogP contribution in [-0.2, 0) is 10.0 Å². The number of nitrogens with one attached hydrogen (secondary N) is 1. The molecule has 3 aromatic rings. The number of amides is 2. The van der Waals surface area contributed by atoms with Crippen LogP contribution in [0.5, 0.6) is 0 Å². The molecule has 198 valence electrons. The molecule has 5 rings (SSSR count). The van der Waals surface area contributed by atoms with Crippen molar-refractivity contribution in [2.24, 2.45) is 0 Å². The first-order chi connectivity index (χ1) is 17.5. The van der Waals surface area contributed by atoms with Gasteiger partial charge >= 0.3 is 6.03 Å². The number of aromatic nitrogens is 3. The van der Waals surface area contributed by atoms with E-state index >= 15 is 0 Å². The maximum absolute atomic E-state index is 13.4. The molecule has 1 N–H and O–H groups in total. The van der Waals surface area contributed by atoms with Crippen molar-refractivity contribution in [1.29, 1.82) is 0 Å². The first kappa shape index (κ1) is 25.3. The lowest BCUT2D eigenvalue weighted by molar-refractivity contribution is 0.146. The third kappa shape index (κ3) is 4.97. The van der Waals surface area contributed by atoms with E-state index in [1.807, 2.05) is 11.8 Å². The summed E-state index contributed by atoms with van der Waals surface area (Å²) >= 11 is 0. The predicted molar refractivity (Wildman–Crippen MR) is 134 cm³/mol. The molecule has 37 heavy (non-hydrogen) atoms. The van der Waals surface area contributed by atoms with Gasteiger partial charge in [0.2, 0.25) is 10.0 Å². The Morgan fingerprint density at radius 3 is 2.38 bits per heavy atom. The molecule has 1 aliphatic heterocycles. The molecule has 2 aliphatic rings. The molecule has 1 saturated heterocycles. The molecule has 2 fully saturated rings. The number of urea groups is 1. The zero-order valence-corrected chi connectivity index (χ0v) is 21.7. The number of nitrogens with zero attached hydrogens (tertiary/aromatic N) is 6. The summed E-state index contributed by atoms with van der Waals surface area (Å²) < 4.78 is 57.2. The first-order valence-electron chi connectivity index (χ1n) is 12.0. The van der Waals surface area contributed by atoms with Crippen LogP contribution in [0.2, 0.25) is 0 Å². The molecule has 0 unspecified atom stereocenters. The first-order valence-corrected chi connectivity index (χ1v) is 13.5. The molecule has 0 atom stereocenters. The van der Waals surface area contributed by atoms with Crippen LogP contribution in [0.25, 0.3) is 16.9 Å². The lowest BCUT2D eigenvalue weighted by Gasteiger charge is -2.37. The molecule has 1 aliphatic carbocycles. The highest BCUT2D eigenvalue weighted by Gasteiger charge is 2.41. The summed E-state index contributed by atoms with van der Waals surface area (Å²) in [5, 5.41) is 0. The molecular weight excluding hydrogens is 504 g/mol. The van der Waals surface area contributed by atoms with Gasteiger partial charge in [0, 0.05) is 63.8 Å². The lowest BCUT2D eigenvalue weighted by atomic mass is 10.2. The van der Waals surface area contributed by atoms with Gasteiger partial charge < -0.3 is 14.7 Å². The summed E-state index contributed by atoms with van der Waals surface area (Å²) in [6.45, 7) is 3.81. The molecule has 0 radical (unpaired) electrons. The molecule has 0 aromatic carbocycles. The Kier molecular flexibility index (Phi) is 6.31. The van der Waals surface area contributed by atoms with E-state index in [0.29, 0.717) is 48.8 Å². The van der Waals surface area contributed by atoms with E-state index in [2.05, 4.69) is 14.7 Å². The van der Waals surface area contributed by atoms with Gasteiger partial charge in [0.05, 0.1) is 17.6 Å². The zero-order valence-electron chi connectivity index (χ0n) is 20.9. The fourth-order valence-electron chi connectivity index (χ4n) is 4.42. The number of hydrogen-bond acceptors (Lipinski definition) is 6. The van der Waals surface area contributed by atoms with Gasteiger partial charge in [-0.05, 0) is 38.0 Å². The van der Waals surface area contributed by atoms with E-state index in [1.54, 1.807) is 35.7 Å². The van der Waals surface area contributed by atoms with E-state index in [1.165, 1.54) is 29.4 Å². The summed E-state index contributed by atoms with van der Waals surface area (Å²) in [5.74, 6) is 0. The standard InChI is InChI=1S/C24H29F2N7O3S/c1-24(6-7-24)29-37(35,36)17-12-19(31-8-10-32(11-9-31)23(34)30(2)3)22-28-14-20(33(22)15-17)16-4-5-18(21(25)26)27-13-16/h4-5,12-15,21,29H,6-11H2,1-3H3. The maximum Gasteiger partial charge on any atom is 0.319 e. The summed E-state index contributed by atoms with van der Waals surface area (Å²) in [6.07, 6.45) is 3.26. The Bertz CT molecular complexity index is 1430. The number of pyridine rings is 2. The number of piperazine rings is 1. The Labute approximate surface area is 213 Å². The second kappa shape index (κ2) is 9.21. The van der Waals surface area contributed by atoms with Gasteiger partial charge in [-0.1, -0.05) is 0 Å². The number of anilines is 1. The second-order valence-corrected chi connectivity index (χ2v) is 11.7. The van der Waals surface area contributed by atoms with Gasteiger partial charge in [-0.15, -0.1) is 0 Å². The van der Waals surface area contributed by atoms with E-state index < -0.39 is 22.0 Å². The molecule has 10 nitrogen and oxygen atoms in total. The van der Waals surface area contributed by atoms with Crippen LogP contribution in [0.3, 0.4) is 0 Å². The Balaban J connectivity index is 1.56. The number of halogens is 2. The number of carbonyl (C=O) groups excluding carboxylic acids is 1. The molecule has 0 bridgehead atoms. The van der Waals surface area contributed by atoms with Crippen molar-refractivity contribution in [2.45, 2.75) is 36.6 Å². The average Bonchev–Trinajstić information content (AvgIpc) is 3.42. The quantitative estimate of drug-likeness (QED) is 0.523. The van der Waals surface area contributed by atoms with Gasteiger partial charge in [0.1, 0.15) is 10.6 Å². The molecular formula is C24H29F2N7O3S. The van der Waals surface area contributed by atoms with Crippen molar-refractivity contribution in [2.75, 3.05) is 45.2 Å². The Morgan fingerprint density at radius 1 is 1.11 bits per heavy atom. The largest absolute Gasteiger partial charge is 0.365 e. The maximum atomic E-state index is 13.4. The lowest BCUT2D eigenvalue weighted by Crippen LogP contribution is -2.51. The minimum atomic E-state index is -3.85. The van der Waals surface area contributed by atoms with Crippen molar-refractivity contribution in [3.8, 4) is 11.3 Å². The van der Waals surface area contributed by atoms with Gasteiger partial charge in [0.15, 0.2) is 5.65 Å². The number of rotatable bonds is 6. The van der Waals surface area contributed by atoms with Gasteiger partial charge in [0.25, 0.3) is 6.43 Å². The fourth-order valence-corrected chi connectivity index (χ4v) is 5.90. The van der Waals surface area contributed by atoms with Crippen molar-refractivity contribution >= 4 is 27.4 Å². The summed E-state index contributed by atoms with van der Waals surface area (Å²) in [4.78, 5) is 26.2. The SMILES string of the molecule is CN(C)C(=O)N1CCN(c2cc(S(=O)(=O)NC3(C)CC3)cn3c(-c4ccc(C(F)F)nc4)cnc23)CC1. The number of fused-ring (bicyclic) bond motifs is 1. The normalized spacial score (nSPS) is 17.5. The number of carbonyl (C=O) groups is 1. The van der Waals surface area contributed by atoms with E-state index in [-0.39, 0.29) is 16.6 Å². The monoisotopic (exact) mass is 533 g/mol. The van der Waals surface area contributed by atoms with Crippen molar-refractivity contribution in [1.82, 2.24) is 28.9 Å². The summed E-state index contributed by atoms with van der Waals surface area (Å²) in [7, 11) is -0.443. The fraction of sp³-hybridized carbons (Fsp3) is 0.458. The van der Waals surface area contributed by atoms with Gasteiger partial charge in [-0.2, -0.15) is 0 Å². The molecule has 3 aromatic heterocycles. The Hall–Kier alpha value is -3.32. The minimum Gasteiger partial charge on any atom is -0.365 e. The van der Waals surface area contributed by atoms with Crippen LogP contribution < -0.4 is 9.62 Å². The highest BCUT2D eigenvalue weighted by Crippen LogP contribution is 2.37. The van der Waals surface area contributed by atoms with E-state index in [4.69, 9.17) is 0 Å². The number of sulfonamides is 1. The van der Waals surface area contributed by atoms with Crippen LogP contribution in [0.15, 0.2) is 41.7 Å². The van der Waals surface area contributed by atoms with Crippen molar-refractivity contribution in [3.05, 3.63) is 42.5 Å². The molecule has 2 amide bonds. The zero-order chi connectivity index (χ0) is 26.5. The van der Waals surface area contributed by atoms with Crippen molar-refractivity contribution < 1.29 is 22.0 Å². The number of imidazole rings is 1. The van der Waals surface area contributed by atoms with Crippen LogP contribution in [0.4, 0.5) is 19.3 Å². The van der Waals surface area contributed by atoms with E-state index in [0.717, 1.165) is 12.8 Å². The third-order valence-electron chi connectivity index (χ3n) is 6.83. The average molecular weight is 534 g/mol.